The number of alkyl halides is 3. The lowest BCUT2D eigenvalue weighted by molar-refractivity contribution is -0.137. The topological polar surface area (TPSA) is 58.6 Å². The van der Waals surface area contributed by atoms with Gasteiger partial charge in [0, 0.05) is 18.2 Å². The molecule has 0 aliphatic heterocycles. The van der Waals surface area contributed by atoms with Gasteiger partial charge in [0.2, 0.25) is 0 Å². The van der Waals surface area contributed by atoms with Crippen molar-refractivity contribution in [3.05, 3.63) is 58.6 Å². The standard InChI is InChI=1S/C18H17ClF3NO3/c19-15-11-14(7-8-16(15)24)26-10-2-1-9-23-17(25)12-3-5-13(6-4-12)18(20,21)22/h3-8,11,24H,1-2,9-10H2,(H,23,25). The molecule has 0 aliphatic rings. The molecule has 0 saturated heterocycles. The Kier molecular flexibility index (Phi) is 6.74. The second-order valence-electron chi connectivity index (χ2n) is 5.50. The first kappa shape index (κ1) is 19.9. The lowest BCUT2D eigenvalue weighted by atomic mass is 10.1. The van der Waals surface area contributed by atoms with E-state index < -0.39 is 17.6 Å². The summed E-state index contributed by atoms with van der Waals surface area (Å²) in [7, 11) is 0. The average Bonchev–Trinajstić information content (AvgIpc) is 2.60. The highest BCUT2D eigenvalue weighted by Gasteiger charge is 2.30. The van der Waals surface area contributed by atoms with E-state index in [4.69, 9.17) is 16.3 Å². The number of hydrogen-bond donors (Lipinski definition) is 2. The van der Waals surface area contributed by atoms with Gasteiger partial charge in [-0.2, -0.15) is 13.2 Å². The Bertz CT molecular complexity index is 748. The Hall–Kier alpha value is -2.41. The van der Waals surface area contributed by atoms with Gasteiger partial charge in [0.1, 0.15) is 11.5 Å². The van der Waals surface area contributed by atoms with E-state index in [0.29, 0.717) is 31.7 Å². The fourth-order valence-corrected chi connectivity index (χ4v) is 2.28. The van der Waals surface area contributed by atoms with E-state index in [1.165, 1.54) is 12.1 Å². The summed E-state index contributed by atoms with van der Waals surface area (Å²) < 4.78 is 42.9. The van der Waals surface area contributed by atoms with Crippen molar-refractivity contribution in [2.75, 3.05) is 13.2 Å². The molecule has 0 atom stereocenters. The van der Waals surface area contributed by atoms with E-state index in [1.807, 2.05) is 0 Å². The van der Waals surface area contributed by atoms with Crippen molar-refractivity contribution in [2.45, 2.75) is 19.0 Å². The van der Waals surface area contributed by atoms with Crippen molar-refractivity contribution < 1.29 is 27.8 Å². The number of benzene rings is 2. The lowest BCUT2D eigenvalue weighted by Gasteiger charge is -2.09. The van der Waals surface area contributed by atoms with Crippen LogP contribution in [0.5, 0.6) is 11.5 Å². The highest BCUT2D eigenvalue weighted by atomic mass is 35.5. The molecule has 0 fully saturated rings. The smallest absolute Gasteiger partial charge is 0.416 e. The molecule has 2 N–H and O–H groups in total. The lowest BCUT2D eigenvalue weighted by Crippen LogP contribution is -2.24. The van der Waals surface area contributed by atoms with Crippen LogP contribution < -0.4 is 10.1 Å². The third-order valence-electron chi connectivity index (χ3n) is 3.52. The zero-order valence-electron chi connectivity index (χ0n) is 13.6. The minimum Gasteiger partial charge on any atom is -0.506 e. The van der Waals surface area contributed by atoms with Crippen LogP contribution >= 0.6 is 11.6 Å². The number of hydrogen-bond acceptors (Lipinski definition) is 3. The average molecular weight is 388 g/mol. The first-order valence-corrected chi connectivity index (χ1v) is 8.22. The van der Waals surface area contributed by atoms with Gasteiger partial charge in [0.05, 0.1) is 17.2 Å². The summed E-state index contributed by atoms with van der Waals surface area (Å²) in [6.07, 6.45) is -3.12. The number of phenolic OH excluding ortho intramolecular Hbond substituents is 1. The molecule has 0 aromatic heterocycles. The normalized spacial score (nSPS) is 11.2. The van der Waals surface area contributed by atoms with E-state index in [2.05, 4.69) is 5.32 Å². The fourth-order valence-electron chi connectivity index (χ4n) is 2.11. The first-order chi connectivity index (χ1) is 12.3. The number of rotatable bonds is 7. The molecule has 1 amide bonds. The quantitative estimate of drug-likeness (QED) is 0.680. The number of aromatic hydroxyl groups is 1. The molecule has 0 heterocycles. The van der Waals surface area contributed by atoms with Gasteiger partial charge in [-0.05, 0) is 49.2 Å². The van der Waals surface area contributed by atoms with E-state index in [1.54, 1.807) is 6.07 Å². The first-order valence-electron chi connectivity index (χ1n) is 7.84. The summed E-state index contributed by atoms with van der Waals surface area (Å²) in [5.41, 5.74) is -0.617. The van der Waals surface area contributed by atoms with Crippen LogP contribution in [0.1, 0.15) is 28.8 Å². The maximum absolute atomic E-state index is 12.5. The van der Waals surface area contributed by atoms with Crippen molar-refractivity contribution in [3.8, 4) is 11.5 Å². The zero-order valence-corrected chi connectivity index (χ0v) is 14.4. The van der Waals surface area contributed by atoms with Gasteiger partial charge in [0.25, 0.3) is 5.91 Å². The summed E-state index contributed by atoms with van der Waals surface area (Å²) in [4.78, 5) is 11.9. The zero-order chi connectivity index (χ0) is 19.2. The second kappa shape index (κ2) is 8.80. The number of ether oxygens (including phenoxy) is 1. The van der Waals surface area contributed by atoms with Crippen molar-refractivity contribution >= 4 is 17.5 Å². The van der Waals surface area contributed by atoms with E-state index in [-0.39, 0.29) is 16.3 Å². The molecule has 140 valence electrons. The highest BCUT2D eigenvalue weighted by Crippen LogP contribution is 2.29. The number of unbranched alkanes of at least 4 members (excludes halogenated alkanes) is 1. The maximum Gasteiger partial charge on any atom is 0.416 e. The molecule has 4 nitrogen and oxygen atoms in total. The van der Waals surface area contributed by atoms with Gasteiger partial charge in [-0.1, -0.05) is 11.6 Å². The Morgan fingerprint density at radius 3 is 2.42 bits per heavy atom. The summed E-state index contributed by atoms with van der Waals surface area (Å²) in [5, 5.41) is 12.1. The number of carbonyl (C=O) groups excluding carboxylic acids is 1. The molecule has 0 radical (unpaired) electrons. The van der Waals surface area contributed by atoms with Crippen LogP contribution in [0.3, 0.4) is 0 Å². The minimum absolute atomic E-state index is 0.0232. The van der Waals surface area contributed by atoms with Crippen LogP contribution in [0.25, 0.3) is 0 Å². The molecule has 0 saturated carbocycles. The van der Waals surface area contributed by atoms with Crippen LogP contribution in [0.4, 0.5) is 13.2 Å². The minimum atomic E-state index is -4.42. The van der Waals surface area contributed by atoms with Gasteiger partial charge in [0.15, 0.2) is 0 Å². The fraction of sp³-hybridized carbons (Fsp3) is 0.278. The molecule has 26 heavy (non-hydrogen) atoms. The number of amides is 1. The molecule has 0 spiro atoms. The maximum atomic E-state index is 12.5. The summed E-state index contributed by atoms with van der Waals surface area (Å²) in [6, 6.07) is 8.58. The van der Waals surface area contributed by atoms with Gasteiger partial charge in [-0.3, -0.25) is 4.79 Å². The summed E-state index contributed by atoms with van der Waals surface area (Å²) in [6.45, 7) is 0.775. The van der Waals surface area contributed by atoms with Crippen molar-refractivity contribution in [2.24, 2.45) is 0 Å². The molecular weight excluding hydrogens is 371 g/mol. The highest BCUT2D eigenvalue weighted by molar-refractivity contribution is 6.32. The van der Waals surface area contributed by atoms with Crippen LogP contribution in [-0.2, 0) is 6.18 Å². The Balaban J connectivity index is 1.67. The third kappa shape index (κ3) is 5.84. The van der Waals surface area contributed by atoms with Crippen LogP contribution in [0.15, 0.2) is 42.5 Å². The number of carbonyl (C=O) groups is 1. The Morgan fingerprint density at radius 2 is 1.81 bits per heavy atom. The van der Waals surface area contributed by atoms with E-state index >= 15 is 0 Å². The van der Waals surface area contributed by atoms with Gasteiger partial charge < -0.3 is 15.2 Å². The molecule has 2 aromatic rings. The molecule has 8 heteroatoms. The van der Waals surface area contributed by atoms with Crippen LogP contribution in [0.2, 0.25) is 5.02 Å². The Morgan fingerprint density at radius 1 is 1.12 bits per heavy atom. The number of halogens is 4. The number of nitrogens with one attached hydrogen (secondary N) is 1. The Labute approximate surface area is 153 Å². The monoisotopic (exact) mass is 387 g/mol. The van der Waals surface area contributed by atoms with E-state index in [0.717, 1.165) is 24.3 Å². The molecule has 2 rings (SSSR count). The largest absolute Gasteiger partial charge is 0.506 e. The molecule has 0 unspecified atom stereocenters. The predicted molar refractivity (Wildman–Crippen MR) is 91.6 cm³/mol. The van der Waals surface area contributed by atoms with Crippen molar-refractivity contribution in [3.63, 3.8) is 0 Å². The summed E-state index contributed by atoms with van der Waals surface area (Å²) >= 11 is 5.76. The molecule has 0 bridgehead atoms. The van der Waals surface area contributed by atoms with Crippen LogP contribution in [-0.4, -0.2) is 24.2 Å². The van der Waals surface area contributed by atoms with E-state index in [9.17, 15) is 23.1 Å². The number of phenols is 1. The van der Waals surface area contributed by atoms with Gasteiger partial charge in [-0.25, -0.2) is 0 Å². The van der Waals surface area contributed by atoms with Gasteiger partial charge in [-0.15, -0.1) is 0 Å². The van der Waals surface area contributed by atoms with Crippen molar-refractivity contribution in [1.29, 1.82) is 0 Å². The third-order valence-corrected chi connectivity index (χ3v) is 3.82. The molecular formula is C18H17ClF3NO3. The molecule has 2 aromatic carbocycles. The second-order valence-corrected chi connectivity index (χ2v) is 5.91. The predicted octanol–water partition coefficient (Wildman–Crippen LogP) is 4.65. The summed E-state index contributed by atoms with van der Waals surface area (Å²) in [5.74, 6) is 0.0801. The SMILES string of the molecule is O=C(NCCCCOc1ccc(O)c(Cl)c1)c1ccc(C(F)(F)F)cc1. The van der Waals surface area contributed by atoms with Crippen molar-refractivity contribution in [1.82, 2.24) is 5.32 Å². The van der Waals surface area contributed by atoms with Gasteiger partial charge >= 0.3 is 6.18 Å². The molecule has 0 aliphatic carbocycles. The van der Waals surface area contributed by atoms with Crippen LogP contribution in [0, 0.1) is 0 Å².